The van der Waals surface area contributed by atoms with Gasteiger partial charge >= 0.3 is 0 Å². The van der Waals surface area contributed by atoms with Gasteiger partial charge in [-0.05, 0) is 37.5 Å². The molecule has 0 aromatic heterocycles. The monoisotopic (exact) mass is 180 g/mol. The molecule has 0 radical (unpaired) electrons. The largest absolute Gasteiger partial charge is 0.303 e. The molecule has 0 saturated heterocycles. The first-order valence-corrected chi connectivity index (χ1v) is 5.35. The molecule has 0 fully saturated rings. The van der Waals surface area contributed by atoms with Gasteiger partial charge in [-0.25, -0.2) is 0 Å². The normalized spacial score (nSPS) is 23.0. The van der Waals surface area contributed by atoms with E-state index >= 15 is 0 Å². The first-order chi connectivity index (χ1) is 6.24. The van der Waals surface area contributed by atoms with E-state index in [0.717, 1.165) is 24.5 Å². The molecule has 0 N–H and O–H groups in total. The average Bonchev–Trinajstić information content (AvgIpc) is 2.15. The summed E-state index contributed by atoms with van der Waals surface area (Å²) in [7, 11) is 0. The summed E-state index contributed by atoms with van der Waals surface area (Å²) in [5.41, 5.74) is 1.51. The molecule has 1 atom stereocenters. The molecule has 74 valence electrons. The molecule has 0 bridgehead atoms. The van der Waals surface area contributed by atoms with Crippen molar-refractivity contribution >= 4 is 6.29 Å². The maximum Gasteiger partial charge on any atom is 0.120 e. The minimum absolute atomic E-state index is 0.705. The van der Waals surface area contributed by atoms with E-state index < -0.39 is 0 Å². The van der Waals surface area contributed by atoms with Crippen molar-refractivity contribution in [1.82, 2.24) is 0 Å². The van der Waals surface area contributed by atoms with Crippen LogP contribution < -0.4 is 0 Å². The third-order valence-electron chi connectivity index (χ3n) is 3.02. The van der Waals surface area contributed by atoms with Crippen molar-refractivity contribution < 1.29 is 4.79 Å². The second kappa shape index (κ2) is 5.21. The van der Waals surface area contributed by atoms with Crippen LogP contribution >= 0.6 is 0 Å². The van der Waals surface area contributed by atoms with Crippen LogP contribution in [0.3, 0.4) is 0 Å². The molecule has 0 amide bonds. The van der Waals surface area contributed by atoms with Crippen LogP contribution in [-0.4, -0.2) is 6.29 Å². The number of carbonyl (C=O) groups is 1. The molecule has 0 aromatic carbocycles. The first kappa shape index (κ1) is 10.5. The maximum atomic E-state index is 10.2. The molecule has 0 aliphatic heterocycles. The van der Waals surface area contributed by atoms with Crippen LogP contribution in [0.15, 0.2) is 11.6 Å². The lowest BCUT2D eigenvalue weighted by molar-refractivity contribution is -0.107. The molecule has 0 unspecified atom stereocenters. The van der Waals surface area contributed by atoms with Gasteiger partial charge in [0.2, 0.25) is 0 Å². The van der Waals surface area contributed by atoms with Crippen molar-refractivity contribution in [2.24, 2.45) is 11.8 Å². The summed E-state index contributed by atoms with van der Waals surface area (Å²) in [5.74, 6) is 1.64. The van der Waals surface area contributed by atoms with Crippen LogP contribution in [0.25, 0.3) is 0 Å². The Hall–Kier alpha value is -0.590. The first-order valence-electron chi connectivity index (χ1n) is 5.35. The van der Waals surface area contributed by atoms with Crippen LogP contribution in [0.2, 0.25) is 0 Å². The van der Waals surface area contributed by atoms with E-state index in [4.69, 9.17) is 0 Å². The van der Waals surface area contributed by atoms with Crippen molar-refractivity contribution in [2.45, 2.75) is 46.0 Å². The van der Waals surface area contributed by atoms with Gasteiger partial charge in [-0.3, -0.25) is 0 Å². The summed E-state index contributed by atoms with van der Waals surface area (Å²) in [6.45, 7) is 4.60. The lowest BCUT2D eigenvalue weighted by atomic mass is 9.80. The quantitative estimate of drug-likeness (QED) is 0.479. The highest BCUT2D eigenvalue weighted by Crippen LogP contribution is 2.31. The van der Waals surface area contributed by atoms with Gasteiger partial charge in [-0.1, -0.05) is 25.5 Å². The van der Waals surface area contributed by atoms with Gasteiger partial charge in [-0.15, -0.1) is 0 Å². The molecular formula is C12H20O. The molecule has 0 heterocycles. The average molecular weight is 180 g/mol. The Bertz CT molecular complexity index is 191. The second-order valence-corrected chi connectivity index (χ2v) is 4.35. The summed E-state index contributed by atoms with van der Waals surface area (Å²) in [6, 6.07) is 0. The Balaban J connectivity index is 2.39. The van der Waals surface area contributed by atoms with Crippen molar-refractivity contribution in [3.05, 3.63) is 11.6 Å². The molecule has 1 nitrogen and oxygen atoms in total. The number of hydrogen-bond acceptors (Lipinski definition) is 1. The number of allylic oxidation sites excluding steroid dienone is 2. The van der Waals surface area contributed by atoms with Gasteiger partial charge in [0.25, 0.3) is 0 Å². The molecule has 0 aromatic rings. The van der Waals surface area contributed by atoms with E-state index in [2.05, 4.69) is 19.9 Å². The van der Waals surface area contributed by atoms with Gasteiger partial charge < -0.3 is 4.79 Å². The van der Waals surface area contributed by atoms with Crippen LogP contribution in [-0.2, 0) is 4.79 Å². The molecule has 1 aliphatic rings. The fourth-order valence-electron chi connectivity index (χ4n) is 2.04. The van der Waals surface area contributed by atoms with Gasteiger partial charge in [-0.2, -0.15) is 0 Å². The van der Waals surface area contributed by atoms with Crippen molar-refractivity contribution in [3.8, 4) is 0 Å². The topological polar surface area (TPSA) is 17.1 Å². The highest BCUT2D eigenvalue weighted by molar-refractivity contribution is 5.49. The van der Waals surface area contributed by atoms with Crippen molar-refractivity contribution in [1.29, 1.82) is 0 Å². The molecule has 0 saturated carbocycles. The Morgan fingerprint density at radius 3 is 3.00 bits per heavy atom. The van der Waals surface area contributed by atoms with E-state index in [1.54, 1.807) is 0 Å². The maximum absolute atomic E-state index is 10.2. The zero-order valence-corrected chi connectivity index (χ0v) is 8.75. The van der Waals surface area contributed by atoms with Crippen molar-refractivity contribution in [3.63, 3.8) is 0 Å². The van der Waals surface area contributed by atoms with Crippen molar-refractivity contribution in [2.75, 3.05) is 0 Å². The summed E-state index contributed by atoms with van der Waals surface area (Å²) in [5, 5.41) is 0. The highest BCUT2D eigenvalue weighted by Gasteiger charge is 2.17. The summed E-state index contributed by atoms with van der Waals surface area (Å²) >= 11 is 0. The van der Waals surface area contributed by atoms with Gasteiger partial charge in [0, 0.05) is 6.42 Å². The highest BCUT2D eigenvalue weighted by atomic mass is 16.1. The Kier molecular flexibility index (Phi) is 4.20. The van der Waals surface area contributed by atoms with E-state index in [9.17, 15) is 4.79 Å². The lowest BCUT2D eigenvalue weighted by Crippen LogP contribution is -2.13. The number of rotatable bonds is 4. The summed E-state index contributed by atoms with van der Waals surface area (Å²) in [4.78, 5) is 10.2. The third-order valence-corrected chi connectivity index (χ3v) is 3.02. The van der Waals surface area contributed by atoms with Crippen LogP contribution in [0, 0.1) is 11.8 Å². The zero-order valence-electron chi connectivity index (χ0n) is 8.75. The van der Waals surface area contributed by atoms with E-state index in [0.29, 0.717) is 6.42 Å². The SMILES string of the molecule is CC(C)[C@@H]1CCC=C(CCC=O)C1. The predicted molar refractivity (Wildman–Crippen MR) is 55.6 cm³/mol. The third kappa shape index (κ3) is 3.33. The van der Waals surface area contributed by atoms with E-state index in [1.807, 2.05) is 0 Å². The minimum atomic E-state index is 0.705. The summed E-state index contributed by atoms with van der Waals surface area (Å²) in [6.07, 6.45) is 8.84. The van der Waals surface area contributed by atoms with Crippen LogP contribution in [0.1, 0.15) is 46.0 Å². The predicted octanol–water partition coefficient (Wildman–Crippen LogP) is 3.35. The summed E-state index contributed by atoms with van der Waals surface area (Å²) < 4.78 is 0. The molecule has 1 aliphatic carbocycles. The van der Waals surface area contributed by atoms with E-state index in [1.165, 1.54) is 24.8 Å². The van der Waals surface area contributed by atoms with Crippen LogP contribution in [0.5, 0.6) is 0 Å². The zero-order chi connectivity index (χ0) is 9.68. The fourth-order valence-corrected chi connectivity index (χ4v) is 2.04. The standard InChI is InChI=1S/C12H20O/c1-10(2)12-7-3-5-11(9-12)6-4-8-13/h5,8,10,12H,3-4,6-7,9H2,1-2H3/t12-/m1/s1. The Labute approximate surface area is 81.2 Å². The number of carbonyl (C=O) groups excluding carboxylic acids is 1. The number of hydrogen-bond donors (Lipinski definition) is 0. The Morgan fingerprint density at radius 2 is 2.38 bits per heavy atom. The molecule has 1 rings (SSSR count). The van der Waals surface area contributed by atoms with Crippen LogP contribution in [0.4, 0.5) is 0 Å². The molecular weight excluding hydrogens is 160 g/mol. The Morgan fingerprint density at radius 1 is 1.62 bits per heavy atom. The second-order valence-electron chi connectivity index (χ2n) is 4.35. The van der Waals surface area contributed by atoms with Gasteiger partial charge in [0.15, 0.2) is 0 Å². The van der Waals surface area contributed by atoms with Gasteiger partial charge in [0.05, 0.1) is 0 Å². The van der Waals surface area contributed by atoms with Gasteiger partial charge in [0.1, 0.15) is 6.29 Å². The number of aldehydes is 1. The fraction of sp³-hybridized carbons (Fsp3) is 0.750. The molecule has 13 heavy (non-hydrogen) atoms. The lowest BCUT2D eigenvalue weighted by Gasteiger charge is -2.25. The minimum Gasteiger partial charge on any atom is -0.303 e. The molecule has 0 spiro atoms. The smallest absolute Gasteiger partial charge is 0.120 e. The molecule has 1 heteroatoms. The van der Waals surface area contributed by atoms with E-state index in [-0.39, 0.29) is 0 Å².